The van der Waals surface area contributed by atoms with Crippen molar-refractivity contribution in [2.75, 3.05) is 0 Å². The van der Waals surface area contributed by atoms with Crippen LogP contribution in [-0.4, -0.2) is 6.04 Å². The van der Waals surface area contributed by atoms with Gasteiger partial charge >= 0.3 is 0 Å². The van der Waals surface area contributed by atoms with E-state index in [4.69, 9.17) is 0 Å². The highest BCUT2D eigenvalue weighted by molar-refractivity contribution is 5.27. The molecule has 1 aliphatic carbocycles. The third-order valence-corrected chi connectivity index (χ3v) is 4.75. The average molecular weight is 279 g/mol. The van der Waals surface area contributed by atoms with Gasteiger partial charge in [0.2, 0.25) is 0 Å². The Balaban J connectivity index is 1.52. The van der Waals surface area contributed by atoms with Crippen LogP contribution >= 0.6 is 0 Å². The summed E-state index contributed by atoms with van der Waals surface area (Å²) in [6, 6.07) is 19.0. The molecule has 1 atom stereocenters. The summed E-state index contributed by atoms with van der Waals surface area (Å²) < 4.78 is 0. The van der Waals surface area contributed by atoms with Crippen LogP contribution in [0.2, 0.25) is 0 Å². The number of rotatable bonds is 4. The van der Waals surface area contributed by atoms with Crippen LogP contribution in [0.4, 0.5) is 0 Å². The molecular formula is C20H25N. The molecule has 1 N–H and O–H groups in total. The first-order valence-corrected chi connectivity index (χ1v) is 8.01. The molecule has 2 aromatic rings. The van der Waals surface area contributed by atoms with Gasteiger partial charge in [0.25, 0.3) is 0 Å². The lowest BCUT2D eigenvalue weighted by Crippen LogP contribution is -2.41. The van der Waals surface area contributed by atoms with Gasteiger partial charge in [0.1, 0.15) is 0 Å². The Hall–Kier alpha value is -1.60. The van der Waals surface area contributed by atoms with E-state index in [-0.39, 0.29) is 0 Å². The largest absolute Gasteiger partial charge is 0.307 e. The maximum Gasteiger partial charge on any atom is 0.0294 e. The molecule has 3 rings (SSSR count). The first-order valence-electron chi connectivity index (χ1n) is 8.01. The van der Waals surface area contributed by atoms with Gasteiger partial charge in [-0.2, -0.15) is 0 Å². The highest BCUT2D eigenvalue weighted by Crippen LogP contribution is 2.37. The van der Waals surface area contributed by atoms with Gasteiger partial charge in [-0.25, -0.2) is 0 Å². The molecule has 1 heteroatoms. The Kier molecular flexibility index (Phi) is 4.12. The van der Waals surface area contributed by atoms with Crippen LogP contribution in [0, 0.1) is 13.8 Å². The van der Waals surface area contributed by atoms with Crippen molar-refractivity contribution in [1.29, 1.82) is 0 Å². The molecule has 0 aromatic heterocycles. The zero-order valence-corrected chi connectivity index (χ0v) is 13.3. The molecule has 0 bridgehead atoms. The van der Waals surface area contributed by atoms with Crippen LogP contribution in [0.3, 0.4) is 0 Å². The number of aryl methyl sites for hydroxylation is 2. The van der Waals surface area contributed by atoms with E-state index in [1.807, 2.05) is 0 Å². The lowest BCUT2D eigenvalue weighted by Gasteiger charge is -2.38. The molecule has 21 heavy (non-hydrogen) atoms. The minimum absolute atomic E-state index is 0.439. The van der Waals surface area contributed by atoms with Crippen LogP contribution in [-0.2, 0) is 0 Å². The molecule has 1 nitrogen and oxygen atoms in total. The maximum absolute atomic E-state index is 3.76. The van der Waals surface area contributed by atoms with Crippen molar-refractivity contribution in [2.45, 2.75) is 51.6 Å². The molecular weight excluding hydrogens is 254 g/mol. The van der Waals surface area contributed by atoms with Gasteiger partial charge in [-0.1, -0.05) is 59.7 Å². The van der Waals surface area contributed by atoms with E-state index in [2.05, 4.69) is 74.6 Å². The number of nitrogens with one attached hydrogen (secondary N) is 1. The number of hydrogen-bond acceptors (Lipinski definition) is 1. The van der Waals surface area contributed by atoms with Crippen molar-refractivity contribution >= 4 is 0 Å². The van der Waals surface area contributed by atoms with E-state index >= 15 is 0 Å². The summed E-state index contributed by atoms with van der Waals surface area (Å²) in [5.74, 6) is 0.744. The third-order valence-electron chi connectivity index (χ3n) is 4.75. The Bertz CT molecular complexity index is 576. The highest BCUT2D eigenvalue weighted by Gasteiger charge is 2.30. The Morgan fingerprint density at radius 1 is 0.857 bits per heavy atom. The summed E-state index contributed by atoms with van der Waals surface area (Å²) in [4.78, 5) is 0. The van der Waals surface area contributed by atoms with E-state index in [0.29, 0.717) is 12.1 Å². The van der Waals surface area contributed by atoms with Gasteiger partial charge in [0.15, 0.2) is 0 Å². The van der Waals surface area contributed by atoms with Crippen molar-refractivity contribution < 1.29 is 0 Å². The topological polar surface area (TPSA) is 12.0 Å². The molecule has 1 saturated carbocycles. The molecule has 1 unspecified atom stereocenters. The molecule has 2 aromatic carbocycles. The maximum atomic E-state index is 3.76. The summed E-state index contributed by atoms with van der Waals surface area (Å²) in [5, 5.41) is 3.76. The van der Waals surface area contributed by atoms with Gasteiger partial charge < -0.3 is 5.32 Å². The standard InChI is InChI=1S/C20H25N/c1-14-4-8-17(9-5-14)16(3)21-20-12-19(13-20)18-10-6-15(2)7-11-18/h4-11,16,19-21H,12-13H2,1-3H3. The van der Waals surface area contributed by atoms with Gasteiger partial charge in [0.05, 0.1) is 0 Å². The fraction of sp³-hybridized carbons (Fsp3) is 0.400. The van der Waals surface area contributed by atoms with Gasteiger partial charge in [-0.3, -0.25) is 0 Å². The summed E-state index contributed by atoms with van der Waals surface area (Å²) in [6.07, 6.45) is 2.53. The predicted molar refractivity (Wildman–Crippen MR) is 89.7 cm³/mol. The second-order valence-corrected chi connectivity index (χ2v) is 6.57. The highest BCUT2D eigenvalue weighted by atomic mass is 15.0. The smallest absolute Gasteiger partial charge is 0.0294 e. The van der Waals surface area contributed by atoms with E-state index in [1.54, 1.807) is 0 Å². The normalized spacial score (nSPS) is 22.6. The first kappa shape index (κ1) is 14.3. The van der Waals surface area contributed by atoms with Crippen molar-refractivity contribution in [1.82, 2.24) is 5.32 Å². The van der Waals surface area contributed by atoms with E-state index < -0.39 is 0 Å². The van der Waals surface area contributed by atoms with Crippen LogP contribution in [0.25, 0.3) is 0 Å². The number of benzene rings is 2. The molecule has 0 spiro atoms. The van der Waals surface area contributed by atoms with Gasteiger partial charge in [-0.15, -0.1) is 0 Å². The zero-order chi connectivity index (χ0) is 14.8. The molecule has 1 fully saturated rings. The summed E-state index contributed by atoms with van der Waals surface area (Å²) >= 11 is 0. The molecule has 1 aliphatic rings. The quantitative estimate of drug-likeness (QED) is 0.839. The molecule has 0 aliphatic heterocycles. The lowest BCUT2D eigenvalue weighted by atomic mass is 9.75. The molecule has 0 radical (unpaired) electrons. The summed E-state index contributed by atoms with van der Waals surface area (Å²) in [6.45, 7) is 6.56. The van der Waals surface area contributed by atoms with Crippen molar-refractivity contribution in [3.05, 3.63) is 70.8 Å². The minimum atomic E-state index is 0.439. The van der Waals surface area contributed by atoms with Crippen molar-refractivity contribution in [3.8, 4) is 0 Å². The van der Waals surface area contributed by atoms with Crippen LogP contribution in [0.15, 0.2) is 48.5 Å². The predicted octanol–water partition coefficient (Wildman–Crippen LogP) is 4.90. The lowest BCUT2D eigenvalue weighted by molar-refractivity contribution is 0.271. The zero-order valence-electron chi connectivity index (χ0n) is 13.3. The fourth-order valence-corrected chi connectivity index (χ4v) is 3.17. The molecule has 110 valence electrons. The minimum Gasteiger partial charge on any atom is -0.307 e. The Morgan fingerprint density at radius 3 is 1.95 bits per heavy atom. The molecule has 0 heterocycles. The van der Waals surface area contributed by atoms with Crippen LogP contribution in [0.1, 0.15) is 54.0 Å². The van der Waals surface area contributed by atoms with E-state index in [0.717, 1.165) is 5.92 Å². The van der Waals surface area contributed by atoms with Crippen LogP contribution < -0.4 is 5.32 Å². The first-order chi connectivity index (χ1) is 10.1. The van der Waals surface area contributed by atoms with Crippen molar-refractivity contribution in [2.24, 2.45) is 0 Å². The summed E-state index contributed by atoms with van der Waals surface area (Å²) in [7, 11) is 0. The summed E-state index contributed by atoms with van der Waals surface area (Å²) in [5.41, 5.74) is 5.57. The SMILES string of the molecule is Cc1ccc(C2CC(NC(C)c3ccc(C)cc3)C2)cc1. The van der Waals surface area contributed by atoms with E-state index in [9.17, 15) is 0 Å². The molecule has 0 saturated heterocycles. The molecule has 0 amide bonds. The second-order valence-electron chi connectivity index (χ2n) is 6.57. The third kappa shape index (κ3) is 3.36. The number of hydrogen-bond donors (Lipinski definition) is 1. The van der Waals surface area contributed by atoms with Gasteiger partial charge in [-0.05, 0) is 50.7 Å². The fourth-order valence-electron chi connectivity index (χ4n) is 3.17. The van der Waals surface area contributed by atoms with E-state index in [1.165, 1.54) is 35.1 Å². The Labute approximate surface area is 128 Å². The monoisotopic (exact) mass is 279 g/mol. The second kappa shape index (κ2) is 6.03. The van der Waals surface area contributed by atoms with Crippen molar-refractivity contribution in [3.63, 3.8) is 0 Å². The average Bonchev–Trinajstić information content (AvgIpc) is 2.44. The van der Waals surface area contributed by atoms with Gasteiger partial charge in [0, 0.05) is 12.1 Å². The Morgan fingerprint density at radius 2 is 1.38 bits per heavy atom. The van der Waals surface area contributed by atoms with Crippen LogP contribution in [0.5, 0.6) is 0 Å².